The molecule has 0 saturated carbocycles. The van der Waals surface area contributed by atoms with Crippen LogP contribution in [0.1, 0.15) is 17.1 Å². The molecule has 1 aromatic carbocycles. The molecule has 0 aliphatic rings. The molecule has 0 bridgehead atoms. The maximum atomic E-state index is 5.87. The fraction of sp³-hybridized carbons (Fsp3) is 0.0625. The van der Waals surface area contributed by atoms with Crippen LogP contribution in [0.15, 0.2) is 48.7 Å². The maximum Gasteiger partial charge on any atom is 0.137 e. The summed E-state index contributed by atoms with van der Waals surface area (Å²) >= 11 is 5.87. The van der Waals surface area contributed by atoms with Gasteiger partial charge >= 0.3 is 0 Å². The zero-order valence-electron chi connectivity index (χ0n) is 10.5. The Balaban J connectivity index is 1.99. The average molecular weight is 269 g/mol. The highest BCUT2D eigenvalue weighted by atomic mass is 35.5. The lowest BCUT2D eigenvalue weighted by Gasteiger charge is -1.96. The standard InChI is InChI=1S/C16H13ClN2/c1-12-15-4-2-3-11-19(15)16(18-12)10-7-13-5-8-14(17)9-6-13/h2-11H,1H3/b10-7+. The van der Waals surface area contributed by atoms with Crippen LogP contribution in [0.5, 0.6) is 0 Å². The second-order valence-electron chi connectivity index (χ2n) is 4.40. The van der Waals surface area contributed by atoms with E-state index in [-0.39, 0.29) is 0 Å². The Morgan fingerprint density at radius 1 is 1.05 bits per heavy atom. The molecule has 0 amide bonds. The summed E-state index contributed by atoms with van der Waals surface area (Å²) in [5, 5.41) is 0.749. The largest absolute Gasteiger partial charge is 0.300 e. The number of nitrogens with zero attached hydrogens (tertiary/aromatic N) is 2. The second-order valence-corrected chi connectivity index (χ2v) is 4.83. The summed E-state index contributed by atoms with van der Waals surface area (Å²) in [4.78, 5) is 4.57. The van der Waals surface area contributed by atoms with Gasteiger partial charge in [0.25, 0.3) is 0 Å². The van der Waals surface area contributed by atoms with Gasteiger partial charge in [-0.1, -0.05) is 35.9 Å². The molecule has 0 radical (unpaired) electrons. The minimum absolute atomic E-state index is 0.749. The van der Waals surface area contributed by atoms with Crippen LogP contribution in [0.25, 0.3) is 17.7 Å². The summed E-state index contributed by atoms with van der Waals surface area (Å²) in [6.07, 6.45) is 6.08. The number of hydrogen-bond acceptors (Lipinski definition) is 1. The highest BCUT2D eigenvalue weighted by Crippen LogP contribution is 2.15. The summed E-state index contributed by atoms with van der Waals surface area (Å²) < 4.78 is 2.09. The summed E-state index contributed by atoms with van der Waals surface area (Å²) in [7, 11) is 0. The molecular weight excluding hydrogens is 256 g/mol. The molecule has 3 rings (SSSR count). The Hall–Kier alpha value is -2.06. The molecule has 0 aliphatic heterocycles. The van der Waals surface area contributed by atoms with E-state index in [0.29, 0.717) is 0 Å². The Labute approximate surface area is 117 Å². The predicted molar refractivity (Wildman–Crippen MR) is 80.3 cm³/mol. The van der Waals surface area contributed by atoms with Gasteiger partial charge in [0, 0.05) is 11.2 Å². The number of fused-ring (bicyclic) bond motifs is 1. The van der Waals surface area contributed by atoms with Crippen LogP contribution >= 0.6 is 11.6 Å². The zero-order chi connectivity index (χ0) is 13.2. The number of aryl methyl sites for hydroxylation is 1. The fourth-order valence-corrected chi connectivity index (χ4v) is 2.21. The van der Waals surface area contributed by atoms with Crippen molar-refractivity contribution in [2.24, 2.45) is 0 Å². The molecule has 2 heterocycles. The molecular formula is C16H13ClN2. The summed E-state index contributed by atoms with van der Waals surface area (Å²) in [5.74, 6) is 0.933. The Morgan fingerprint density at radius 3 is 2.63 bits per heavy atom. The van der Waals surface area contributed by atoms with E-state index in [4.69, 9.17) is 11.6 Å². The number of benzene rings is 1. The minimum atomic E-state index is 0.749. The van der Waals surface area contributed by atoms with E-state index in [1.165, 1.54) is 0 Å². The molecule has 94 valence electrons. The summed E-state index contributed by atoms with van der Waals surface area (Å²) in [6.45, 7) is 2.02. The van der Waals surface area contributed by atoms with Crippen LogP contribution in [-0.2, 0) is 0 Å². The van der Waals surface area contributed by atoms with Crippen molar-refractivity contribution >= 4 is 29.3 Å². The number of halogens is 1. The van der Waals surface area contributed by atoms with Crippen molar-refractivity contribution in [3.63, 3.8) is 0 Å². The lowest BCUT2D eigenvalue weighted by molar-refractivity contribution is 1.12. The first-order valence-electron chi connectivity index (χ1n) is 6.11. The van der Waals surface area contributed by atoms with Gasteiger partial charge in [-0.3, -0.25) is 0 Å². The van der Waals surface area contributed by atoms with Crippen molar-refractivity contribution in [3.05, 3.63) is 70.8 Å². The van der Waals surface area contributed by atoms with Gasteiger partial charge in [0.15, 0.2) is 0 Å². The van der Waals surface area contributed by atoms with E-state index in [2.05, 4.69) is 15.5 Å². The number of pyridine rings is 1. The normalized spacial score (nSPS) is 11.5. The van der Waals surface area contributed by atoms with Gasteiger partial charge < -0.3 is 4.40 Å². The van der Waals surface area contributed by atoms with Crippen molar-refractivity contribution in [1.82, 2.24) is 9.38 Å². The number of imidazole rings is 1. The van der Waals surface area contributed by atoms with Gasteiger partial charge in [-0.15, -0.1) is 0 Å². The van der Waals surface area contributed by atoms with Crippen molar-refractivity contribution in [2.45, 2.75) is 6.92 Å². The number of rotatable bonds is 2. The second kappa shape index (κ2) is 4.90. The molecule has 0 N–H and O–H groups in total. The third-order valence-corrected chi connectivity index (χ3v) is 3.31. The van der Waals surface area contributed by atoms with E-state index in [9.17, 15) is 0 Å². The molecule has 0 fully saturated rings. The molecule has 3 aromatic rings. The molecule has 3 heteroatoms. The maximum absolute atomic E-state index is 5.87. The van der Waals surface area contributed by atoms with Gasteiger partial charge in [-0.05, 0) is 42.8 Å². The molecule has 19 heavy (non-hydrogen) atoms. The molecule has 0 saturated heterocycles. The van der Waals surface area contributed by atoms with Crippen molar-refractivity contribution in [1.29, 1.82) is 0 Å². The Morgan fingerprint density at radius 2 is 1.84 bits per heavy atom. The molecule has 2 aromatic heterocycles. The van der Waals surface area contributed by atoms with Crippen LogP contribution in [0.2, 0.25) is 5.02 Å². The van der Waals surface area contributed by atoms with E-state index in [0.717, 1.165) is 27.6 Å². The third-order valence-electron chi connectivity index (χ3n) is 3.05. The lowest BCUT2D eigenvalue weighted by atomic mass is 10.2. The van der Waals surface area contributed by atoms with Gasteiger partial charge in [0.05, 0.1) is 11.2 Å². The van der Waals surface area contributed by atoms with E-state index < -0.39 is 0 Å². The van der Waals surface area contributed by atoms with Crippen LogP contribution in [-0.4, -0.2) is 9.38 Å². The van der Waals surface area contributed by atoms with Crippen LogP contribution in [0.3, 0.4) is 0 Å². The van der Waals surface area contributed by atoms with E-state index in [1.54, 1.807) is 0 Å². The molecule has 2 nitrogen and oxygen atoms in total. The van der Waals surface area contributed by atoms with Crippen LogP contribution in [0.4, 0.5) is 0 Å². The molecule has 0 unspecified atom stereocenters. The van der Waals surface area contributed by atoms with Crippen LogP contribution < -0.4 is 0 Å². The first kappa shape index (κ1) is 12.0. The van der Waals surface area contributed by atoms with Gasteiger partial charge in [0.1, 0.15) is 5.82 Å². The molecule has 0 spiro atoms. The Kier molecular flexibility index (Phi) is 3.10. The zero-order valence-corrected chi connectivity index (χ0v) is 11.3. The highest BCUT2D eigenvalue weighted by molar-refractivity contribution is 6.30. The average Bonchev–Trinajstić information content (AvgIpc) is 2.76. The molecule has 0 aliphatic carbocycles. The fourth-order valence-electron chi connectivity index (χ4n) is 2.08. The topological polar surface area (TPSA) is 17.3 Å². The first-order chi connectivity index (χ1) is 9.24. The minimum Gasteiger partial charge on any atom is -0.300 e. The predicted octanol–water partition coefficient (Wildman–Crippen LogP) is 4.47. The smallest absolute Gasteiger partial charge is 0.137 e. The van der Waals surface area contributed by atoms with Crippen molar-refractivity contribution < 1.29 is 0 Å². The first-order valence-corrected chi connectivity index (χ1v) is 6.49. The highest BCUT2D eigenvalue weighted by Gasteiger charge is 2.03. The summed E-state index contributed by atoms with van der Waals surface area (Å²) in [5.41, 5.74) is 3.28. The Bertz CT molecular complexity index is 739. The third kappa shape index (κ3) is 2.40. The van der Waals surface area contributed by atoms with E-state index >= 15 is 0 Å². The van der Waals surface area contributed by atoms with Crippen LogP contribution in [0, 0.1) is 6.92 Å². The van der Waals surface area contributed by atoms with Gasteiger partial charge in [-0.2, -0.15) is 0 Å². The van der Waals surface area contributed by atoms with Gasteiger partial charge in [-0.25, -0.2) is 4.98 Å². The summed E-state index contributed by atoms with van der Waals surface area (Å²) in [6, 6.07) is 13.8. The monoisotopic (exact) mass is 268 g/mol. The van der Waals surface area contributed by atoms with E-state index in [1.807, 2.05) is 61.7 Å². The number of aromatic nitrogens is 2. The quantitative estimate of drug-likeness (QED) is 0.670. The molecule has 0 atom stereocenters. The lowest BCUT2D eigenvalue weighted by Crippen LogP contribution is -1.85. The number of hydrogen-bond donors (Lipinski definition) is 0. The SMILES string of the molecule is Cc1nc(/C=C/c2ccc(Cl)cc2)n2ccccc12. The van der Waals surface area contributed by atoms with Crippen molar-refractivity contribution in [2.75, 3.05) is 0 Å². The van der Waals surface area contributed by atoms with Crippen molar-refractivity contribution in [3.8, 4) is 0 Å². The van der Waals surface area contributed by atoms with Gasteiger partial charge in [0.2, 0.25) is 0 Å².